The van der Waals surface area contributed by atoms with Crippen molar-refractivity contribution >= 4 is 23.1 Å². The third-order valence-corrected chi connectivity index (χ3v) is 4.89. The van der Waals surface area contributed by atoms with Gasteiger partial charge in [-0.2, -0.15) is 18.3 Å². The van der Waals surface area contributed by atoms with Crippen LogP contribution in [-0.4, -0.2) is 43.4 Å². The van der Waals surface area contributed by atoms with Gasteiger partial charge in [-0.15, -0.1) is 5.10 Å². The lowest BCUT2D eigenvalue weighted by atomic mass is 10.00. The minimum Gasteiger partial charge on any atom is -0.330 e. The van der Waals surface area contributed by atoms with Crippen molar-refractivity contribution in [2.24, 2.45) is 13.0 Å². The zero-order valence-corrected chi connectivity index (χ0v) is 16.6. The molecule has 1 fully saturated rings. The fraction of sp³-hybridized carbons (Fsp3) is 0.368. The molecule has 3 aromatic rings. The predicted octanol–water partition coefficient (Wildman–Crippen LogP) is 2.66. The van der Waals surface area contributed by atoms with Crippen LogP contribution in [0, 0.1) is 5.92 Å². The van der Waals surface area contributed by atoms with E-state index in [1.165, 1.54) is 23.8 Å². The van der Waals surface area contributed by atoms with Crippen LogP contribution in [0.1, 0.15) is 29.0 Å². The van der Waals surface area contributed by atoms with E-state index >= 15 is 0 Å². The zero-order chi connectivity index (χ0) is 22.0. The Balaban J connectivity index is 1.52. The van der Waals surface area contributed by atoms with Crippen LogP contribution in [0.5, 0.6) is 0 Å². The summed E-state index contributed by atoms with van der Waals surface area (Å²) in [6, 6.07) is 3.08. The molecule has 0 radical (unpaired) electrons. The maximum Gasteiger partial charge on any atom is 0.437 e. The van der Waals surface area contributed by atoms with Crippen molar-refractivity contribution in [3.63, 3.8) is 0 Å². The first-order valence-corrected chi connectivity index (χ1v) is 9.72. The van der Waals surface area contributed by atoms with Crippen LogP contribution in [0.15, 0.2) is 36.8 Å². The summed E-state index contributed by atoms with van der Waals surface area (Å²) in [7, 11) is 1.35. The number of fused-ring (bicyclic) bond motifs is 1. The standard InChI is InChI=1S/C19H21F3N8O/c1-29-11-14(16(27-29)19(20,21)22)26-17(31)15-5-4-13-10-25-18(28-30(13)15)24-8-6-12-3-2-7-23-9-12/h4-6,8,10-12,23H,2-3,7,9H2,1H3,(H,24,28)(H,26,31)/b8-6+. The SMILES string of the molecule is Cn1cc(NC(=O)c2ccc3cnc(N/C=C/C4CCCNC4)nn23)c(C(F)(F)F)n1. The Morgan fingerprint density at radius 3 is 2.90 bits per heavy atom. The molecule has 1 unspecified atom stereocenters. The van der Waals surface area contributed by atoms with Gasteiger partial charge in [0, 0.05) is 26.0 Å². The number of halogens is 3. The highest BCUT2D eigenvalue weighted by atomic mass is 19.4. The first-order chi connectivity index (χ1) is 14.8. The Hall–Kier alpha value is -3.41. The monoisotopic (exact) mass is 434 g/mol. The lowest BCUT2D eigenvalue weighted by molar-refractivity contribution is -0.140. The number of rotatable bonds is 5. The summed E-state index contributed by atoms with van der Waals surface area (Å²) in [5, 5.41) is 16.2. The van der Waals surface area contributed by atoms with Crippen molar-refractivity contribution in [2.45, 2.75) is 19.0 Å². The molecule has 0 spiro atoms. The highest BCUT2D eigenvalue weighted by molar-refractivity contribution is 6.04. The van der Waals surface area contributed by atoms with Crippen molar-refractivity contribution in [3.05, 3.63) is 48.2 Å². The molecule has 1 saturated heterocycles. The molecule has 1 atom stereocenters. The quantitative estimate of drug-likeness (QED) is 0.571. The number of carbonyl (C=O) groups is 1. The van der Waals surface area contributed by atoms with Crippen molar-refractivity contribution in [1.82, 2.24) is 29.7 Å². The maximum atomic E-state index is 13.1. The van der Waals surface area contributed by atoms with Crippen molar-refractivity contribution < 1.29 is 18.0 Å². The first kappa shape index (κ1) is 20.8. The number of hydrogen-bond donors (Lipinski definition) is 3. The number of anilines is 2. The molecule has 3 aromatic heterocycles. The Labute approximate surface area is 175 Å². The molecular formula is C19H21F3N8O. The van der Waals surface area contributed by atoms with E-state index in [0.717, 1.165) is 36.8 Å². The number of alkyl halides is 3. The largest absolute Gasteiger partial charge is 0.437 e. The number of carbonyl (C=O) groups excluding carboxylic acids is 1. The summed E-state index contributed by atoms with van der Waals surface area (Å²) in [5.74, 6) is -0.0673. The molecule has 1 amide bonds. The number of nitrogens with zero attached hydrogens (tertiary/aromatic N) is 5. The average Bonchev–Trinajstić information content (AvgIpc) is 3.31. The Morgan fingerprint density at radius 1 is 1.32 bits per heavy atom. The molecule has 0 aliphatic carbocycles. The van der Waals surface area contributed by atoms with E-state index in [2.05, 4.69) is 31.1 Å². The van der Waals surface area contributed by atoms with Gasteiger partial charge < -0.3 is 16.0 Å². The van der Waals surface area contributed by atoms with Gasteiger partial charge in [-0.05, 0) is 37.4 Å². The van der Waals surface area contributed by atoms with Crippen molar-refractivity contribution in [2.75, 3.05) is 23.7 Å². The third-order valence-electron chi connectivity index (χ3n) is 4.89. The van der Waals surface area contributed by atoms with Gasteiger partial charge in [0.15, 0.2) is 5.69 Å². The number of hydrogen-bond acceptors (Lipinski definition) is 6. The summed E-state index contributed by atoms with van der Waals surface area (Å²) in [4.78, 5) is 16.9. The van der Waals surface area contributed by atoms with E-state index in [1.807, 2.05) is 6.08 Å². The van der Waals surface area contributed by atoms with Gasteiger partial charge in [0.25, 0.3) is 5.91 Å². The lowest BCUT2D eigenvalue weighted by Gasteiger charge is -2.19. The minimum atomic E-state index is -4.69. The van der Waals surface area contributed by atoms with Gasteiger partial charge >= 0.3 is 6.18 Å². The summed E-state index contributed by atoms with van der Waals surface area (Å²) < 4.78 is 41.7. The summed E-state index contributed by atoms with van der Waals surface area (Å²) >= 11 is 0. The predicted molar refractivity (Wildman–Crippen MR) is 108 cm³/mol. The van der Waals surface area contributed by atoms with Gasteiger partial charge in [0.2, 0.25) is 5.95 Å². The van der Waals surface area contributed by atoms with Crippen LogP contribution >= 0.6 is 0 Å². The molecule has 12 heteroatoms. The fourth-order valence-electron chi connectivity index (χ4n) is 3.42. The Morgan fingerprint density at radius 2 is 2.16 bits per heavy atom. The van der Waals surface area contributed by atoms with Gasteiger partial charge in [-0.3, -0.25) is 9.48 Å². The van der Waals surface area contributed by atoms with Crippen LogP contribution in [0.2, 0.25) is 0 Å². The van der Waals surface area contributed by atoms with Crippen LogP contribution in [0.25, 0.3) is 5.52 Å². The smallest absolute Gasteiger partial charge is 0.330 e. The minimum absolute atomic E-state index is 0.0675. The molecule has 0 aromatic carbocycles. The van der Waals surface area contributed by atoms with Crippen LogP contribution < -0.4 is 16.0 Å². The van der Waals surface area contributed by atoms with Gasteiger partial charge in [0.05, 0.1) is 17.4 Å². The Kier molecular flexibility index (Phi) is 5.63. The number of aromatic nitrogens is 5. The Bertz CT molecular complexity index is 1110. The molecular weight excluding hydrogens is 413 g/mol. The maximum absolute atomic E-state index is 13.1. The normalized spacial score (nSPS) is 17.4. The average molecular weight is 434 g/mol. The molecule has 164 valence electrons. The molecule has 9 nitrogen and oxygen atoms in total. The molecule has 1 aliphatic heterocycles. The van der Waals surface area contributed by atoms with Crippen LogP contribution in [0.3, 0.4) is 0 Å². The van der Waals surface area contributed by atoms with E-state index in [0.29, 0.717) is 11.4 Å². The summed E-state index contributed by atoms with van der Waals surface area (Å²) in [5.41, 5.74) is -0.994. The van der Waals surface area contributed by atoms with Gasteiger partial charge in [-0.25, -0.2) is 9.50 Å². The number of aryl methyl sites for hydroxylation is 1. The second kappa shape index (κ2) is 8.38. The molecule has 3 N–H and O–H groups in total. The second-order valence-electron chi connectivity index (χ2n) is 7.26. The van der Waals surface area contributed by atoms with Gasteiger partial charge in [0.1, 0.15) is 5.69 Å². The highest BCUT2D eigenvalue weighted by Crippen LogP contribution is 2.33. The van der Waals surface area contributed by atoms with Crippen molar-refractivity contribution in [3.8, 4) is 0 Å². The lowest BCUT2D eigenvalue weighted by Crippen LogP contribution is -2.28. The number of piperidine rings is 1. The van der Waals surface area contributed by atoms with Gasteiger partial charge in [-0.1, -0.05) is 6.08 Å². The van der Waals surface area contributed by atoms with E-state index in [4.69, 9.17) is 0 Å². The molecule has 4 rings (SSSR count). The topological polar surface area (TPSA) is 101 Å². The number of nitrogens with one attached hydrogen (secondary N) is 3. The summed E-state index contributed by atoms with van der Waals surface area (Å²) in [6.07, 6.45) is 3.94. The molecule has 0 saturated carbocycles. The molecule has 0 bridgehead atoms. The third kappa shape index (κ3) is 4.68. The summed E-state index contributed by atoms with van der Waals surface area (Å²) in [6.45, 7) is 1.94. The highest BCUT2D eigenvalue weighted by Gasteiger charge is 2.37. The van der Waals surface area contributed by atoms with Crippen LogP contribution in [0.4, 0.5) is 24.8 Å². The molecule has 4 heterocycles. The van der Waals surface area contributed by atoms with Crippen molar-refractivity contribution in [1.29, 1.82) is 0 Å². The molecule has 1 aliphatic rings. The van der Waals surface area contributed by atoms with E-state index in [1.54, 1.807) is 12.3 Å². The molecule has 31 heavy (non-hydrogen) atoms. The first-order valence-electron chi connectivity index (χ1n) is 9.72. The van der Waals surface area contributed by atoms with E-state index in [9.17, 15) is 18.0 Å². The van der Waals surface area contributed by atoms with Crippen LogP contribution in [-0.2, 0) is 13.2 Å². The second-order valence-corrected chi connectivity index (χ2v) is 7.26. The number of amides is 1. The fourth-order valence-corrected chi connectivity index (χ4v) is 3.42. The zero-order valence-electron chi connectivity index (χ0n) is 16.6. The van der Waals surface area contributed by atoms with E-state index in [-0.39, 0.29) is 11.6 Å². The van der Waals surface area contributed by atoms with E-state index < -0.39 is 23.5 Å².